The summed E-state index contributed by atoms with van der Waals surface area (Å²) < 4.78 is 0. The number of carbonyl (C=O) groups is 3. The SMILES string of the molecule is CCONC(=O)CN1C(=O)NC(C)(c2ccc(C)cc2)C1=O. The molecule has 1 atom stereocenters. The second-order valence-corrected chi connectivity index (χ2v) is 5.27. The van der Waals surface area contributed by atoms with Gasteiger partial charge in [-0.2, -0.15) is 0 Å². The Morgan fingerprint density at radius 3 is 2.55 bits per heavy atom. The Kier molecular flexibility index (Phi) is 4.46. The highest BCUT2D eigenvalue weighted by molar-refractivity contribution is 6.09. The molecule has 0 aliphatic carbocycles. The van der Waals surface area contributed by atoms with Gasteiger partial charge in [0.1, 0.15) is 12.1 Å². The summed E-state index contributed by atoms with van der Waals surface area (Å²) in [6.07, 6.45) is 0. The average molecular weight is 305 g/mol. The molecular formula is C15H19N3O4. The van der Waals surface area contributed by atoms with Gasteiger partial charge < -0.3 is 5.32 Å². The summed E-state index contributed by atoms with van der Waals surface area (Å²) in [4.78, 5) is 41.8. The van der Waals surface area contributed by atoms with Crippen molar-refractivity contribution in [3.8, 4) is 0 Å². The summed E-state index contributed by atoms with van der Waals surface area (Å²) in [7, 11) is 0. The van der Waals surface area contributed by atoms with Crippen molar-refractivity contribution in [2.45, 2.75) is 26.3 Å². The average Bonchev–Trinajstić information content (AvgIpc) is 2.70. The van der Waals surface area contributed by atoms with Crippen LogP contribution in [0.4, 0.5) is 4.79 Å². The molecule has 22 heavy (non-hydrogen) atoms. The lowest BCUT2D eigenvalue weighted by molar-refractivity contribution is -0.139. The maximum Gasteiger partial charge on any atom is 0.325 e. The van der Waals surface area contributed by atoms with Gasteiger partial charge in [-0.25, -0.2) is 10.3 Å². The minimum absolute atomic E-state index is 0.299. The zero-order chi connectivity index (χ0) is 16.3. The van der Waals surface area contributed by atoms with E-state index in [1.807, 2.05) is 19.1 Å². The van der Waals surface area contributed by atoms with Gasteiger partial charge in [0.05, 0.1) is 6.61 Å². The molecule has 7 nitrogen and oxygen atoms in total. The minimum atomic E-state index is -1.17. The lowest BCUT2D eigenvalue weighted by Gasteiger charge is -2.22. The summed E-state index contributed by atoms with van der Waals surface area (Å²) in [6, 6.07) is 6.71. The molecule has 1 fully saturated rings. The van der Waals surface area contributed by atoms with Crippen molar-refractivity contribution >= 4 is 17.8 Å². The highest BCUT2D eigenvalue weighted by Crippen LogP contribution is 2.28. The summed E-state index contributed by atoms with van der Waals surface area (Å²) >= 11 is 0. The van der Waals surface area contributed by atoms with Gasteiger partial charge in [0, 0.05) is 0 Å². The van der Waals surface area contributed by atoms with E-state index < -0.39 is 23.4 Å². The summed E-state index contributed by atoms with van der Waals surface area (Å²) in [6.45, 7) is 5.19. The van der Waals surface area contributed by atoms with Crippen LogP contribution in [0.2, 0.25) is 0 Å². The highest BCUT2D eigenvalue weighted by atomic mass is 16.6. The molecule has 1 unspecified atom stereocenters. The molecule has 2 rings (SSSR count). The van der Waals surface area contributed by atoms with E-state index in [0.717, 1.165) is 10.5 Å². The monoisotopic (exact) mass is 305 g/mol. The van der Waals surface area contributed by atoms with E-state index in [2.05, 4.69) is 10.8 Å². The third-order valence-electron chi connectivity index (χ3n) is 3.54. The lowest BCUT2D eigenvalue weighted by atomic mass is 9.91. The van der Waals surface area contributed by atoms with Crippen molar-refractivity contribution in [3.05, 3.63) is 35.4 Å². The van der Waals surface area contributed by atoms with Crippen LogP contribution in [0.15, 0.2) is 24.3 Å². The largest absolute Gasteiger partial charge is 0.325 e. The molecule has 2 N–H and O–H groups in total. The summed E-state index contributed by atoms with van der Waals surface area (Å²) in [5.41, 5.74) is 2.72. The molecular weight excluding hydrogens is 286 g/mol. The third kappa shape index (κ3) is 2.94. The van der Waals surface area contributed by atoms with E-state index in [4.69, 9.17) is 4.84 Å². The third-order valence-corrected chi connectivity index (χ3v) is 3.54. The van der Waals surface area contributed by atoms with Crippen LogP contribution in [0.1, 0.15) is 25.0 Å². The van der Waals surface area contributed by atoms with Crippen LogP contribution in [-0.4, -0.2) is 35.9 Å². The zero-order valence-corrected chi connectivity index (χ0v) is 12.8. The lowest BCUT2D eigenvalue weighted by Crippen LogP contribution is -2.43. The molecule has 1 aliphatic rings. The number of aryl methyl sites for hydroxylation is 1. The van der Waals surface area contributed by atoms with E-state index in [1.54, 1.807) is 26.0 Å². The van der Waals surface area contributed by atoms with Gasteiger partial charge in [0.2, 0.25) is 0 Å². The molecule has 1 heterocycles. The van der Waals surface area contributed by atoms with Gasteiger partial charge in [0.15, 0.2) is 0 Å². The molecule has 1 aromatic rings. The van der Waals surface area contributed by atoms with Gasteiger partial charge in [-0.15, -0.1) is 0 Å². The Hall–Kier alpha value is -2.41. The summed E-state index contributed by atoms with van der Waals surface area (Å²) in [5, 5.41) is 2.64. The second kappa shape index (κ2) is 6.15. The second-order valence-electron chi connectivity index (χ2n) is 5.27. The quantitative estimate of drug-likeness (QED) is 0.623. The Balaban J connectivity index is 2.17. The van der Waals surface area contributed by atoms with Crippen molar-refractivity contribution in [1.29, 1.82) is 0 Å². The van der Waals surface area contributed by atoms with Crippen molar-refractivity contribution < 1.29 is 19.2 Å². The number of hydrogen-bond donors (Lipinski definition) is 2. The van der Waals surface area contributed by atoms with E-state index in [9.17, 15) is 14.4 Å². The standard InChI is InChI=1S/C15H19N3O4/c1-4-22-17-12(19)9-18-13(20)15(3,16-14(18)21)11-7-5-10(2)6-8-11/h5-8H,4,9H2,1-3H3,(H,16,21)(H,17,19). The van der Waals surface area contributed by atoms with Crippen LogP contribution in [0.25, 0.3) is 0 Å². The van der Waals surface area contributed by atoms with Crippen molar-refractivity contribution in [1.82, 2.24) is 15.7 Å². The van der Waals surface area contributed by atoms with Crippen LogP contribution in [0.3, 0.4) is 0 Å². The first-order valence-corrected chi connectivity index (χ1v) is 7.00. The van der Waals surface area contributed by atoms with Crippen molar-refractivity contribution in [2.24, 2.45) is 0 Å². The van der Waals surface area contributed by atoms with E-state index in [0.29, 0.717) is 12.2 Å². The van der Waals surface area contributed by atoms with Crippen LogP contribution >= 0.6 is 0 Å². The molecule has 0 aromatic heterocycles. The minimum Gasteiger partial charge on any atom is -0.319 e. The van der Waals surface area contributed by atoms with Crippen LogP contribution in [-0.2, 0) is 20.0 Å². The molecule has 4 amide bonds. The normalized spacial score (nSPS) is 21.0. The molecule has 7 heteroatoms. The number of urea groups is 1. The van der Waals surface area contributed by atoms with E-state index in [-0.39, 0.29) is 6.54 Å². The fourth-order valence-electron chi connectivity index (χ4n) is 2.25. The molecule has 0 bridgehead atoms. The van der Waals surface area contributed by atoms with Crippen LogP contribution in [0, 0.1) is 6.92 Å². The molecule has 1 aliphatic heterocycles. The van der Waals surface area contributed by atoms with Gasteiger partial charge in [-0.05, 0) is 26.3 Å². The van der Waals surface area contributed by atoms with Crippen molar-refractivity contribution in [2.75, 3.05) is 13.2 Å². The first kappa shape index (κ1) is 16.0. The van der Waals surface area contributed by atoms with E-state index >= 15 is 0 Å². The zero-order valence-electron chi connectivity index (χ0n) is 12.8. The molecule has 0 radical (unpaired) electrons. The van der Waals surface area contributed by atoms with Crippen LogP contribution in [0.5, 0.6) is 0 Å². The number of nitrogens with zero attached hydrogens (tertiary/aromatic N) is 1. The Labute approximate surface area is 128 Å². The molecule has 0 saturated carbocycles. The van der Waals surface area contributed by atoms with Crippen LogP contribution < -0.4 is 10.8 Å². The first-order chi connectivity index (χ1) is 10.4. The number of hydrogen-bond acceptors (Lipinski definition) is 4. The number of rotatable bonds is 5. The van der Waals surface area contributed by atoms with Gasteiger partial charge in [0.25, 0.3) is 11.8 Å². The maximum atomic E-state index is 12.6. The predicted octanol–water partition coefficient (Wildman–Crippen LogP) is 0.830. The number of imide groups is 1. The van der Waals surface area contributed by atoms with Gasteiger partial charge >= 0.3 is 6.03 Å². The molecule has 0 spiro atoms. The van der Waals surface area contributed by atoms with Gasteiger partial charge in [-0.3, -0.25) is 19.3 Å². The predicted molar refractivity (Wildman–Crippen MR) is 78.5 cm³/mol. The fraction of sp³-hybridized carbons (Fsp3) is 0.400. The number of amides is 4. The maximum absolute atomic E-state index is 12.6. The van der Waals surface area contributed by atoms with E-state index in [1.165, 1.54) is 0 Å². The smallest absolute Gasteiger partial charge is 0.319 e. The molecule has 1 aromatic carbocycles. The Morgan fingerprint density at radius 1 is 1.32 bits per heavy atom. The number of hydroxylamine groups is 1. The Bertz CT molecular complexity index is 599. The number of benzene rings is 1. The summed E-state index contributed by atoms with van der Waals surface area (Å²) in [5.74, 6) is -1.02. The molecule has 1 saturated heterocycles. The topological polar surface area (TPSA) is 87.7 Å². The first-order valence-electron chi connectivity index (χ1n) is 7.00. The van der Waals surface area contributed by atoms with Crippen molar-refractivity contribution in [3.63, 3.8) is 0 Å². The highest BCUT2D eigenvalue weighted by Gasteiger charge is 2.49. The Morgan fingerprint density at radius 2 is 1.95 bits per heavy atom. The number of carbonyl (C=O) groups excluding carboxylic acids is 3. The number of nitrogens with one attached hydrogen (secondary N) is 2. The fourth-order valence-corrected chi connectivity index (χ4v) is 2.25. The molecule has 118 valence electrons. The van der Waals surface area contributed by atoms with Gasteiger partial charge in [-0.1, -0.05) is 29.8 Å².